The summed E-state index contributed by atoms with van der Waals surface area (Å²) in [7, 11) is -3.47. The smallest absolute Gasteiger partial charge is 0.307 e. The third-order valence-electron chi connectivity index (χ3n) is 5.67. The Kier molecular flexibility index (Phi) is 4.28. The average molecular weight is 315 g/mol. The molecule has 4 atom stereocenters. The topological polar surface area (TPSA) is 74.7 Å². The number of hydrogen-bond donors (Lipinski definition) is 1. The van der Waals surface area contributed by atoms with E-state index in [-0.39, 0.29) is 6.04 Å². The largest absolute Gasteiger partial charge is 0.481 e. The van der Waals surface area contributed by atoms with Crippen molar-refractivity contribution in [3.63, 3.8) is 0 Å². The van der Waals surface area contributed by atoms with Gasteiger partial charge in [-0.15, -0.1) is 0 Å². The van der Waals surface area contributed by atoms with E-state index in [9.17, 15) is 18.3 Å². The molecule has 3 aliphatic rings. The van der Waals surface area contributed by atoms with Gasteiger partial charge in [-0.05, 0) is 44.4 Å². The van der Waals surface area contributed by atoms with Crippen molar-refractivity contribution in [3.8, 4) is 0 Å². The van der Waals surface area contributed by atoms with Crippen molar-refractivity contribution >= 4 is 16.0 Å². The first-order valence-corrected chi connectivity index (χ1v) is 9.75. The van der Waals surface area contributed by atoms with E-state index in [0.717, 1.165) is 32.1 Å². The fraction of sp³-hybridized carbons (Fsp3) is 0.933. The van der Waals surface area contributed by atoms with Crippen LogP contribution in [0.2, 0.25) is 0 Å². The van der Waals surface area contributed by atoms with E-state index in [1.54, 1.807) is 4.31 Å². The van der Waals surface area contributed by atoms with E-state index in [1.807, 2.05) is 0 Å². The first-order chi connectivity index (χ1) is 10.0. The molecule has 1 aliphatic heterocycles. The second-order valence-electron chi connectivity index (χ2n) is 6.82. The minimum atomic E-state index is -3.47. The number of carboxylic acid groups (broad SMARTS) is 1. The van der Waals surface area contributed by atoms with Crippen LogP contribution in [0.4, 0.5) is 0 Å². The zero-order chi connectivity index (χ0) is 15.0. The summed E-state index contributed by atoms with van der Waals surface area (Å²) in [5, 5.41) is 8.60. The maximum atomic E-state index is 13.0. The van der Waals surface area contributed by atoms with Crippen molar-refractivity contribution in [3.05, 3.63) is 0 Å². The Hall–Kier alpha value is -0.620. The molecule has 2 aliphatic carbocycles. The molecule has 1 saturated heterocycles. The summed E-state index contributed by atoms with van der Waals surface area (Å²) in [6.07, 6.45) is 8.15. The summed E-state index contributed by atoms with van der Waals surface area (Å²) in [6.45, 7) is 0.590. The molecule has 0 radical (unpaired) electrons. The predicted octanol–water partition coefficient (Wildman–Crippen LogP) is 2.22. The van der Waals surface area contributed by atoms with E-state index in [2.05, 4.69) is 0 Å². The van der Waals surface area contributed by atoms with Crippen LogP contribution in [0.1, 0.15) is 57.8 Å². The van der Waals surface area contributed by atoms with Crippen LogP contribution in [0.3, 0.4) is 0 Å². The van der Waals surface area contributed by atoms with Crippen LogP contribution < -0.4 is 0 Å². The van der Waals surface area contributed by atoms with Gasteiger partial charge in [-0.1, -0.05) is 19.3 Å². The molecule has 0 aromatic heterocycles. The van der Waals surface area contributed by atoms with Gasteiger partial charge in [-0.25, -0.2) is 8.42 Å². The van der Waals surface area contributed by atoms with Crippen molar-refractivity contribution in [2.75, 3.05) is 6.54 Å². The fourth-order valence-corrected chi connectivity index (χ4v) is 7.15. The average Bonchev–Trinajstić information content (AvgIpc) is 2.97. The molecule has 1 N–H and O–H groups in total. The number of aliphatic carboxylic acids is 1. The molecule has 3 fully saturated rings. The third kappa shape index (κ3) is 2.72. The number of piperidine rings is 1. The lowest BCUT2D eigenvalue weighted by Crippen LogP contribution is -2.53. The van der Waals surface area contributed by atoms with Crippen LogP contribution in [0, 0.1) is 11.8 Å². The van der Waals surface area contributed by atoms with Crippen LogP contribution in [0.15, 0.2) is 0 Å². The lowest BCUT2D eigenvalue weighted by Gasteiger charge is -2.44. The van der Waals surface area contributed by atoms with Gasteiger partial charge in [-0.3, -0.25) is 4.79 Å². The molecule has 0 aromatic rings. The highest BCUT2D eigenvalue weighted by atomic mass is 32.2. The van der Waals surface area contributed by atoms with Crippen LogP contribution in [0.25, 0.3) is 0 Å². The molecule has 3 rings (SSSR count). The Morgan fingerprint density at radius 3 is 2.43 bits per heavy atom. The monoisotopic (exact) mass is 315 g/mol. The molecule has 0 amide bonds. The first-order valence-electron chi connectivity index (χ1n) is 8.25. The van der Waals surface area contributed by atoms with Crippen LogP contribution in [-0.4, -0.2) is 41.6 Å². The lowest BCUT2D eigenvalue weighted by molar-refractivity contribution is -0.141. The minimum absolute atomic E-state index is 0.132. The van der Waals surface area contributed by atoms with Crippen molar-refractivity contribution in [1.82, 2.24) is 4.31 Å². The summed E-state index contributed by atoms with van der Waals surface area (Å²) in [4.78, 5) is 11.3. The van der Waals surface area contributed by atoms with Crippen LogP contribution in [0.5, 0.6) is 0 Å². The van der Waals surface area contributed by atoms with Crippen LogP contribution in [-0.2, 0) is 14.8 Å². The van der Waals surface area contributed by atoms with Gasteiger partial charge in [0.2, 0.25) is 10.0 Å². The number of rotatable bonds is 3. The number of hydrogen-bond acceptors (Lipinski definition) is 3. The standard InChI is InChI=1S/C15H25NO4S/c17-15(18)12-7-3-9-14(12)21(19,20)16-10-4-6-11-5-1-2-8-13(11)16/h11-14H,1-10H2,(H,17,18). The van der Waals surface area contributed by atoms with Crippen molar-refractivity contribution in [2.24, 2.45) is 11.8 Å². The molecule has 120 valence electrons. The predicted molar refractivity (Wildman–Crippen MR) is 79.4 cm³/mol. The molecule has 0 spiro atoms. The highest BCUT2D eigenvalue weighted by Crippen LogP contribution is 2.40. The summed E-state index contributed by atoms with van der Waals surface area (Å²) < 4.78 is 27.7. The molecule has 2 saturated carbocycles. The minimum Gasteiger partial charge on any atom is -0.481 e. The summed E-state index contributed by atoms with van der Waals surface area (Å²) in [5.74, 6) is -1.16. The maximum absolute atomic E-state index is 13.0. The van der Waals surface area contributed by atoms with Crippen LogP contribution >= 0.6 is 0 Å². The van der Waals surface area contributed by atoms with Gasteiger partial charge in [0.15, 0.2) is 0 Å². The van der Waals surface area contributed by atoms with Gasteiger partial charge in [0, 0.05) is 12.6 Å². The van der Waals surface area contributed by atoms with Crippen molar-refractivity contribution in [2.45, 2.75) is 69.1 Å². The van der Waals surface area contributed by atoms with Gasteiger partial charge >= 0.3 is 5.97 Å². The molecule has 0 bridgehead atoms. The van der Waals surface area contributed by atoms with Crippen molar-refractivity contribution < 1.29 is 18.3 Å². The van der Waals surface area contributed by atoms with Gasteiger partial charge in [-0.2, -0.15) is 4.31 Å². The molecular weight excluding hydrogens is 290 g/mol. The highest BCUT2D eigenvalue weighted by Gasteiger charge is 2.48. The third-order valence-corrected chi connectivity index (χ3v) is 8.11. The van der Waals surface area contributed by atoms with Gasteiger partial charge < -0.3 is 5.11 Å². The lowest BCUT2D eigenvalue weighted by atomic mass is 9.79. The summed E-state index contributed by atoms with van der Waals surface area (Å²) >= 11 is 0. The number of fused-ring (bicyclic) bond motifs is 1. The Morgan fingerprint density at radius 1 is 0.952 bits per heavy atom. The van der Waals surface area contributed by atoms with E-state index in [1.165, 1.54) is 6.42 Å². The molecule has 4 unspecified atom stereocenters. The van der Waals surface area contributed by atoms with Gasteiger partial charge in [0.1, 0.15) is 0 Å². The quantitative estimate of drug-likeness (QED) is 0.866. The Labute approximate surface area is 126 Å². The first kappa shape index (κ1) is 15.3. The second kappa shape index (κ2) is 5.88. The van der Waals surface area contributed by atoms with E-state index in [0.29, 0.717) is 31.7 Å². The normalized spacial score (nSPS) is 38.1. The van der Waals surface area contributed by atoms with Crippen molar-refractivity contribution in [1.29, 1.82) is 0 Å². The van der Waals surface area contributed by atoms with E-state index in [4.69, 9.17) is 0 Å². The number of carboxylic acids is 1. The summed E-state index contributed by atoms with van der Waals surface area (Å²) in [5.41, 5.74) is 0. The Morgan fingerprint density at radius 2 is 1.67 bits per heavy atom. The second-order valence-corrected chi connectivity index (χ2v) is 8.93. The summed E-state index contributed by atoms with van der Waals surface area (Å²) in [6, 6.07) is 0.132. The number of sulfonamides is 1. The molecule has 5 nitrogen and oxygen atoms in total. The Balaban J connectivity index is 1.84. The molecule has 0 aromatic carbocycles. The molecule has 21 heavy (non-hydrogen) atoms. The molecule has 6 heteroatoms. The SMILES string of the molecule is O=C(O)C1CCCC1S(=O)(=O)N1CCCC2CCCCC21. The molecule has 1 heterocycles. The zero-order valence-electron chi connectivity index (χ0n) is 12.4. The number of nitrogens with zero attached hydrogens (tertiary/aromatic N) is 1. The van der Waals surface area contributed by atoms with Gasteiger partial charge in [0.05, 0.1) is 11.2 Å². The Bertz CT molecular complexity index is 502. The number of carbonyl (C=O) groups is 1. The van der Waals surface area contributed by atoms with E-state index >= 15 is 0 Å². The maximum Gasteiger partial charge on any atom is 0.307 e. The zero-order valence-corrected chi connectivity index (χ0v) is 13.2. The van der Waals surface area contributed by atoms with E-state index < -0.39 is 27.2 Å². The molecular formula is C15H25NO4S. The highest BCUT2D eigenvalue weighted by molar-refractivity contribution is 7.89. The van der Waals surface area contributed by atoms with Gasteiger partial charge in [0.25, 0.3) is 0 Å². The fourth-order valence-electron chi connectivity index (χ4n) is 4.63.